The number of aromatic nitrogens is 4. The van der Waals surface area contributed by atoms with Gasteiger partial charge in [-0.2, -0.15) is 0 Å². The number of hydrogen-bond donors (Lipinski definition) is 1. The maximum atomic E-state index is 5.39. The molecule has 19 heavy (non-hydrogen) atoms. The van der Waals surface area contributed by atoms with Gasteiger partial charge < -0.3 is 10.1 Å². The maximum absolute atomic E-state index is 5.39. The Hall–Kier alpha value is -1.60. The molecule has 0 spiro atoms. The molecule has 1 heterocycles. The highest BCUT2D eigenvalue weighted by molar-refractivity contribution is 7.98. The van der Waals surface area contributed by atoms with Gasteiger partial charge in [0.25, 0.3) is 0 Å². The van der Waals surface area contributed by atoms with E-state index in [1.807, 2.05) is 20.2 Å². The van der Waals surface area contributed by atoms with Crippen LogP contribution in [0.25, 0.3) is 0 Å². The van der Waals surface area contributed by atoms with Crippen molar-refractivity contribution in [2.24, 2.45) is 7.05 Å². The van der Waals surface area contributed by atoms with E-state index in [0.29, 0.717) is 0 Å². The minimum Gasteiger partial charge on any atom is -0.496 e. The van der Waals surface area contributed by atoms with Gasteiger partial charge in [-0.15, -0.1) is 5.10 Å². The van der Waals surface area contributed by atoms with Crippen LogP contribution in [0.15, 0.2) is 23.4 Å². The summed E-state index contributed by atoms with van der Waals surface area (Å²) in [6.07, 6.45) is 0. The molecule has 6 nitrogen and oxygen atoms in total. The Morgan fingerprint density at radius 2 is 2.26 bits per heavy atom. The number of nitrogens with one attached hydrogen (secondary N) is 1. The number of benzene rings is 1. The first-order chi connectivity index (χ1) is 9.24. The first-order valence-electron chi connectivity index (χ1n) is 5.90. The molecule has 0 bridgehead atoms. The zero-order valence-electron chi connectivity index (χ0n) is 11.3. The van der Waals surface area contributed by atoms with Gasteiger partial charge in [0.15, 0.2) is 0 Å². The summed E-state index contributed by atoms with van der Waals surface area (Å²) in [7, 11) is 5.45. The van der Waals surface area contributed by atoms with Gasteiger partial charge in [0.05, 0.1) is 7.11 Å². The first-order valence-corrected chi connectivity index (χ1v) is 6.88. The molecule has 1 aromatic carbocycles. The largest absolute Gasteiger partial charge is 0.496 e. The maximum Gasteiger partial charge on any atom is 0.209 e. The Morgan fingerprint density at radius 3 is 2.89 bits per heavy atom. The number of methoxy groups -OCH3 is 1. The number of hydrogen-bond acceptors (Lipinski definition) is 6. The Labute approximate surface area is 116 Å². The number of rotatable bonds is 6. The SMILES string of the molecule is CNCc1ccc(OC)c(CSc2nnnn2C)c1. The van der Waals surface area contributed by atoms with E-state index in [9.17, 15) is 0 Å². The monoisotopic (exact) mass is 279 g/mol. The second-order valence-corrected chi connectivity index (χ2v) is 4.99. The summed E-state index contributed by atoms with van der Waals surface area (Å²) in [5.74, 6) is 1.66. The lowest BCUT2D eigenvalue weighted by Gasteiger charge is -2.10. The van der Waals surface area contributed by atoms with Gasteiger partial charge in [-0.25, -0.2) is 4.68 Å². The van der Waals surface area contributed by atoms with E-state index in [1.165, 1.54) is 5.56 Å². The number of tetrazole rings is 1. The fourth-order valence-corrected chi connectivity index (χ4v) is 2.57. The molecule has 7 heteroatoms. The lowest BCUT2D eigenvalue weighted by atomic mass is 10.1. The van der Waals surface area contributed by atoms with Crippen LogP contribution in [0.1, 0.15) is 11.1 Å². The standard InChI is InChI=1S/C12H17N5OS/c1-13-7-9-4-5-11(18-3)10(6-9)8-19-12-14-15-16-17(12)2/h4-6,13H,7-8H2,1-3H3. The van der Waals surface area contributed by atoms with Crippen LogP contribution in [0, 0.1) is 0 Å². The second kappa shape index (κ2) is 6.53. The molecule has 0 unspecified atom stereocenters. The third-order valence-corrected chi connectivity index (χ3v) is 3.72. The summed E-state index contributed by atoms with van der Waals surface area (Å²) in [5.41, 5.74) is 2.37. The van der Waals surface area contributed by atoms with Gasteiger partial charge in [-0.3, -0.25) is 0 Å². The summed E-state index contributed by atoms with van der Waals surface area (Å²) in [4.78, 5) is 0. The fraction of sp³-hybridized carbons (Fsp3) is 0.417. The minimum absolute atomic E-state index is 0.773. The van der Waals surface area contributed by atoms with Crippen molar-refractivity contribution in [2.45, 2.75) is 17.5 Å². The molecule has 2 rings (SSSR count). The van der Waals surface area contributed by atoms with Crippen molar-refractivity contribution in [2.75, 3.05) is 14.2 Å². The molecule has 0 radical (unpaired) electrons. The summed E-state index contributed by atoms with van der Waals surface area (Å²) in [6, 6.07) is 6.21. The van der Waals surface area contributed by atoms with Crippen LogP contribution >= 0.6 is 11.8 Å². The Balaban J connectivity index is 2.13. The summed E-state index contributed by atoms with van der Waals surface area (Å²) >= 11 is 1.59. The van der Waals surface area contributed by atoms with Crippen molar-refractivity contribution < 1.29 is 4.74 Å². The molecule has 0 saturated heterocycles. The number of nitrogens with zero attached hydrogens (tertiary/aromatic N) is 4. The van der Waals surface area contributed by atoms with E-state index in [4.69, 9.17) is 4.74 Å². The normalized spacial score (nSPS) is 10.7. The molecule has 2 aromatic rings. The average Bonchev–Trinajstić information content (AvgIpc) is 2.82. The van der Waals surface area contributed by atoms with Crippen LogP contribution < -0.4 is 10.1 Å². The van der Waals surface area contributed by atoms with Gasteiger partial charge >= 0.3 is 0 Å². The van der Waals surface area contributed by atoms with E-state index < -0.39 is 0 Å². The third kappa shape index (κ3) is 3.45. The molecule has 0 saturated carbocycles. The molecular weight excluding hydrogens is 262 g/mol. The zero-order chi connectivity index (χ0) is 13.7. The lowest BCUT2D eigenvalue weighted by Crippen LogP contribution is -2.05. The Morgan fingerprint density at radius 1 is 1.42 bits per heavy atom. The molecule has 0 atom stereocenters. The van der Waals surface area contributed by atoms with E-state index in [0.717, 1.165) is 28.8 Å². The number of aryl methyl sites for hydroxylation is 1. The molecular formula is C12H17N5OS. The van der Waals surface area contributed by atoms with E-state index in [-0.39, 0.29) is 0 Å². The number of thioether (sulfide) groups is 1. The molecule has 0 aliphatic carbocycles. The molecule has 1 N–H and O–H groups in total. The van der Waals surface area contributed by atoms with Crippen molar-refractivity contribution in [3.8, 4) is 5.75 Å². The van der Waals surface area contributed by atoms with Crippen molar-refractivity contribution in [1.29, 1.82) is 0 Å². The molecule has 0 aliphatic rings. The first kappa shape index (κ1) is 13.8. The van der Waals surface area contributed by atoms with E-state index in [1.54, 1.807) is 23.6 Å². The van der Waals surface area contributed by atoms with Crippen molar-refractivity contribution >= 4 is 11.8 Å². The van der Waals surface area contributed by atoms with Crippen LogP contribution in [-0.4, -0.2) is 34.4 Å². The highest BCUT2D eigenvalue weighted by Crippen LogP contribution is 2.27. The van der Waals surface area contributed by atoms with Crippen LogP contribution in [0.5, 0.6) is 5.75 Å². The van der Waals surface area contributed by atoms with E-state index >= 15 is 0 Å². The lowest BCUT2D eigenvalue weighted by molar-refractivity contribution is 0.411. The molecule has 0 fully saturated rings. The minimum atomic E-state index is 0.773. The van der Waals surface area contributed by atoms with Gasteiger partial charge in [0, 0.05) is 24.9 Å². The molecule has 0 aliphatic heterocycles. The summed E-state index contributed by atoms with van der Waals surface area (Å²) in [5, 5.41) is 15.3. The van der Waals surface area contributed by atoms with Gasteiger partial charge in [0.2, 0.25) is 5.16 Å². The van der Waals surface area contributed by atoms with Crippen LogP contribution in [0.4, 0.5) is 0 Å². The van der Waals surface area contributed by atoms with Crippen LogP contribution in [0.3, 0.4) is 0 Å². The predicted molar refractivity (Wildman–Crippen MR) is 74.1 cm³/mol. The number of ether oxygens (including phenoxy) is 1. The van der Waals surface area contributed by atoms with Gasteiger partial charge in [-0.05, 0) is 35.2 Å². The smallest absolute Gasteiger partial charge is 0.209 e. The Kier molecular flexibility index (Phi) is 4.75. The molecule has 1 aromatic heterocycles. The quantitative estimate of drug-likeness (QED) is 0.802. The van der Waals surface area contributed by atoms with E-state index in [2.05, 4.69) is 33.0 Å². The van der Waals surface area contributed by atoms with Gasteiger partial charge in [0.1, 0.15) is 5.75 Å². The van der Waals surface area contributed by atoms with Crippen LogP contribution in [0.2, 0.25) is 0 Å². The average molecular weight is 279 g/mol. The molecule has 0 amide bonds. The second-order valence-electron chi connectivity index (χ2n) is 4.05. The van der Waals surface area contributed by atoms with Crippen molar-refractivity contribution in [3.05, 3.63) is 29.3 Å². The topological polar surface area (TPSA) is 64.9 Å². The molecule has 102 valence electrons. The van der Waals surface area contributed by atoms with Crippen LogP contribution in [-0.2, 0) is 19.3 Å². The highest BCUT2D eigenvalue weighted by atomic mass is 32.2. The zero-order valence-corrected chi connectivity index (χ0v) is 12.1. The predicted octanol–water partition coefficient (Wildman–Crippen LogP) is 1.23. The fourth-order valence-electron chi connectivity index (χ4n) is 1.74. The van der Waals surface area contributed by atoms with Crippen molar-refractivity contribution in [1.82, 2.24) is 25.5 Å². The van der Waals surface area contributed by atoms with Crippen molar-refractivity contribution in [3.63, 3.8) is 0 Å². The van der Waals surface area contributed by atoms with Gasteiger partial charge in [-0.1, -0.05) is 17.8 Å². The summed E-state index contributed by atoms with van der Waals surface area (Å²) < 4.78 is 7.05. The third-order valence-electron chi connectivity index (χ3n) is 2.66. The summed E-state index contributed by atoms with van der Waals surface area (Å²) in [6.45, 7) is 0.840. The Bertz CT molecular complexity index is 543. The highest BCUT2D eigenvalue weighted by Gasteiger charge is 2.08.